The molecule has 1 aromatic rings. The quantitative estimate of drug-likeness (QED) is 0.681. The van der Waals surface area contributed by atoms with E-state index < -0.39 is 0 Å². The maximum absolute atomic E-state index is 9.42. The lowest BCUT2D eigenvalue weighted by atomic mass is 10.1. The molecule has 2 nitrogen and oxygen atoms in total. The van der Waals surface area contributed by atoms with Crippen LogP contribution in [0.25, 0.3) is 5.76 Å². The molecule has 0 saturated heterocycles. The molecule has 1 aromatic carbocycles. The molecule has 0 radical (unpaired) electrons. The maximum atomic E-state index is 9.42. The first-order valence-corrected chi connectivity index (χ1v) is 3.78. The van der Waals surface area contributed by atoms with Crippen LogP contribution in [-0.4, -0.2) is 12.2 Å². The second-order valence-electron chi connectivity index (χ2n) is 2.37. The molecule has 0 aromatic heterocycles. The minimum atomic E-state index is 0.243. The Hall–Kier alpha value is -1.44. The van der Waals surface area contributed by atoms with Crippen molar-refractivity contribution in [2.45, 2.75) is 6.92 Å². The first kappa shape index (κ1) is 8.65. The van der Waals surface area contributed by atoms with Gasteiger partial charge in [-0.15, -0.1) is 0 Å². The number of allylic oxidation sites excluding steroid dienone is 1. The summed E-state index contributed by atoms with van der Waals surface area (Å²) in [6.07, 6.45) is 1.64. The molecule has 0 bridgehead atoms. The number of ether oxygens (including phenoxy) is 1. The fourth-order valence-corrected chi connectivity index (χ4v) is 1.01. The molecule has 0 spiro atoms. The predicted molar refractivity (Wildman–Crippen MR) is 49.3 cm³/mol. The zero-order valence-electron chi connectivity index (χ0n) is 7.24. The van der Waals surface area contributed by atoms with Gasteiger partial charge in [0, 0.05) is 0 Å². The number of rotatable bonds is 2. The van der Waals surface area contributed by atoms with Gasteiger partial charge in [0.15, 0.2) is 0 Å². The Bertz CT molecular complexity index is 290. The Kier molecular flexibility index (Phi) is 2.75. The molecular formula is C10H12O2. The molecule has 0 heterocycles. The third-order valence-corrected chi connectivity index (χ3v) is 1.66. The number of para-hydroxylation sites is 1. The SMILES string of the molecule is C/C=C(/O)c1ccccc1OC. The zero-order chi connectivity index (χ0) is 8.97. The highest BCUT2D eigenvalue weighted by Crippen LogP contribution is 2.23. The summed E-state index contributed by atoms with van der Waals surface area (Å²) in [5.41, 5.74) is 0.725. The van der Waals surface area contributed by atoms with Crippen LogP contribution in [0, 0.1) is 0 Å². The number of aliphatic hydroxyl groups is 1. The van der Waals surface area contributed by atoms with Crippen molar-refractivity contribution in [3.63, 3.8) is 0 Å². The van der Waals surface area contributed by atoms with Crippen molar-refractivity contribution >= 4 is 5.76 Å². The Morgan fingerprint density at radius 1 is 1.42 bits per heavy atom. The number of hydrogen-bond acceptors (Lipinski definition) is 2. The molecule has 0 aliphatic rings. The molecule has 0 amide bonds. The normalized spacial score (nSPS) is 11.3. The van der Waals surface area contributed by atoms with Gasteiger partial charge in [0.1, 0.15) is 11.5 Å². The highest BCUT2D eigenvalue weighted by molar-refractivity contribution is 5.64. The van der Waals surface area contributed by atoms with E-state index in [4.69, 9.17) is 4.74 Å². The molecule has 0 atom stereocenters. The molecule has 12 heavy (non-hydrogen) atoms. The molecule has 0 aliphatic carbocycles. The topological polar surface area (TPSA) is 29.5 Å². The Morgan fingerprint density at radius 2 is 2.08 bits per heavy atom. The molecule has 0 unspecified atom stereocenters. The first-order valence-electron chi connectivity index (χ1n) is 3.78. The lowest BCUT2D eigenvalue weighted by Crippen LogP contribution is -1.89. The van der Waals surface area contributed by atoms with E-state index in [1.807, 2.05) is 24.3 Å². The van der Waals surface area contributed by atoms with Crippen LogP contribution in [0.5, 0.6) is 5.75 Å². The second kappa shape index (κ2) is 3.81. The van der Waals surface area contributed by atoms with Crippen molar-refractivity contribution < 1.29 is 9.84 Å². The predicted octanol–water partition coefficient (Wildman–Crippen LogP) is 2.61. The molecule has 0 fully saturated rings. The monoisotopic (exact) mass is 164 g/mol. The van der Waals surface area contributed by atoms with Crippen LogP contribution in [0.15, 0.2) is 30.3 Å². The van der Waals surface area contributed by atoms with Crippen molar-refractivity contribution in [1.29, 1.82) is 0 Å². The summed E-state index contributed by atoms with van der Waals surface area (Å²) < 4.78 is 5.07. The van der Waals surface area contributed by atoms with E-state index in [9.17, 15) is 5.11 Å². The minimum Gasteiger partial charge on any atom is -0.508 e. The number of benzene rings is 1. The molecule has 1 N–H and O–H groups in total. The second-order valence-corrected chi connectivity index (χ2v) is 2.37. The summed E-state index contributed by atoms with van der Waals surface area (Å²) in [5.74, 6) is 0.931. The number of methoxy groups -OCH3 is 1. The van der Waals surface area contributed by atoms with E-state index in [1.165, 1.54) is 0 Å². The smallest absolute Gasteiger partial charge is 0.129 e. The molecular weight excluding hydrogens is 152 g/mol. The fourth-order valence-electron chi connectivity index (χ4n) is 1.01. The third-order valence-electron chi connectivity index (χ3n) is 1.66. The maximum Gasteiger partial charge on any atom is 0.129 e. The van der Waals surface area contributed by atoms with Gasteiger partial charge in [0.05, 0.1) is 12.7 Å². The summed E-state index contributed by atoms with van der Waals surface area (Å²) in [4.78, 5) is 0. The lowest BCUT2D eigenvalue weighted by molar-refractivity contribution is 0.408. The van der Waals surface area contributed by atoms with Crippen LogP contribution in [-0.2, 0) is 0 Å². The van der Waals surface area contributed by atoms with Crippen molar-refractivity contribution in [3.8, 4) is 5.75 Å². The Balaban J connectivity index is 3.13. The van der Waals surface area contributed by atoms with Crippen molar-refractivity contribution in [3.05, 3.63) is 35.9 Å². The van der Waals surface area contributed by atoms with Gasteiger partial charge in [0.2, 0.25) is 0 Å². The highest BCUT2D eigenvalue weighted by atomic mass is 16.5. The van der Waals surface area contributed by atoms with E-state index in [0.717, 1.165) is 5.56 Å². The van der Waals surface area contributed by atoms with Crippen molar-refractivity contribution in [2.75, 3.05) is 7.11 Å². The van der Waals surface area contributed by atoms with Crippen molar-refractivity contribution in [2.24, 2.45) is 0 Å². The van der Waals surface area contributed by atoms with E-state index in [2.05, 4.69) is 0 Å². The first-order chi connectivity index (χ1) is 5.79. The van der Waals surface area contributed by atoms with Crippen molar-refractivity contribution in [1.82, 2.24) is 0 Å². The summed E-state index contributed by atoms with van der Waals surface area (Å²) in [5, 5.41) is 9.42. The lowest BCUT2D eigenvalue weighted by Gasteiger charge is -2.05. The third kappa shape index (κ3) is 1.59. The average molecular weight is 164 g/mol. The Morgan fingerprint density at radius 3 is 2.67 bits per heavy atom. The standard InChI is InChI=1S/C10H12O2/c1-3-9(11)8-6-4-5-7-10(8)12-2/h3-7,11H,1-2H3/b9-3+. The van der Waals surface area contributed by atoms with Gasteiger partial charge >= 0.3 is 0 Å². The minimum absolute atomic E-state index is 0.243. The molecule has 64 valence electrons. The van der Waals surface area contributed by atoms with E-state index >= 15 is 0 Å². The van der Waals surface area contributed by atoms with Crippen LogP contribution in [0.2, 0.25) is 0 Å². The van der Waals surface area contributed by atoms with Gasteiger partial charge in [-0.2, -0.15) is 0 Å². The average Bonchev–Trinajstić information content (AvgIpc) is 2.16. The number of aliphatic hydroxyl groups excluding tert-OH is 1. The molecule has 1 rings (SSSR count). The largest absolute Gasteiger partial charge is 0.508 e. The van der Waals surface area contributed by atoms with Gasteiger partial charge in [-0.1, -0.05) is 12.1 Å². The zero-order valence-corrected chi connectivity index (χ0v) is 7.24. The van der Waals surface area contributed by atoms with Gasteiger partial charge < -0.3 is 9.84 Å². The van der Waals surface area contributed by atoms with Crippen LogP contribution >= 0.6 is 0 Å². The van der Waals surface area contributed by atoms with Gasteiger partial charge in [-0.05, 0) is 25.1 Å². The number of hydrogen-bond donors (Lipinski definition) is 1. The van der Waals surface area contributed by atoms with Crippen LogP contribution < -0.4 is 4.74 Å². The van der Waals surface area contributed by atoms with Crippen LogP contribution in [0.1, 0.15) is 12.5 Å². The van der Waals surface area contributed by atoms with Crippen LogP contribution in [0.4, 0.5) is 0 Å². The summed E-state index contributed by atoms with van der Waals surface area (Å²) in [6.45, 7) is 1.78. The summed E-state index contributed by atoms with van der Waals surface area (Å²) in [6, 6.07) is 7.35. The van der Waals surface area contributed by atoms with Gasteiger partial charge in [0.25, 0.3) is 0 Å². The van der Waals surface area contributed by atoms with Crippen LogP contribution in [0.3, 0.4) is 0 Å². The summed E-state index contributed by atoms with van der Waals surface area (Å²) >= 11 is 0. The molecule has 2 heteroatoms. The van der Waals surface area contributed by atoms with Gasteiger partial charge in [-0.25, -0.2) is 0 Å². The summed E-state index contributed by atoms with van der Waals surface area (Å²) in [7, 11) is 1.59. The highest BCUT2D eigenvalue weighted by Gasteiger charge is 2.03. The Labute approximate surface area is 72.1 Å². The van der Waals surface area contributed by atoms with E-state index in [1.54, 1.807) is 20.1 Å². The van der Waals surface area contributed by atoms with E-state index in [-0.39, 0.29) is 5.76 Å². The van der Waals surface area contributed by atoms with Gasteiger partial charge in [-0.3, -0.25) is 0 Å². The molecule has 0 aliphatic heterocycles. The molecule has 0 saturated carbocycles. The fraction of sp³-hybridized carbons (Fsp3) is 0.200. The van der Waals surface area contributed by atoms with E-state index in [0.29, 0.717) is 5.75 Å².